The van der Waals surface area contributed by atoms with E-state index in [1.54, 1.807) is 23.8 Å². The number of nitrogens with zero attached hydrogens (tertiary/aromatic N) is 3. The number of aromatic amines is 1. The number of methoxy groups -OCH3 is 1. The number of piperidine rings is 1. The van der Waals surface area contributed by atoms with Crippen molar-refractivity contribution in [1.29, 1.82) is 0 Å². The van der Waals surface area contributed by atoms with E-state index in [1.807, 2.05) is 29.2 Å². The molecule has 1 aromatic heterocycles. The zero-order chi connectivity index (χ0) is 21.8. The molecule has 162 valence electrons. The van der Waals surface area contributed by atoms with Gasteiger partial charge in [-0.3, -0.25) is 9.36 Å². The monoisotopic (exact) mass is 424 g/mol. The van der Waals surface area contributed by atoms with Crippen LogP contribution in [-0.2, 0) is 17.8 Å². The number of ether oxygens (including phenoxy) is 1. The zero-order valence-corrected chi connectivity index (χ0v) is 17.4. The molecule has 0 spiro atoms. The van der Waals surface area contributed by atoms with Gasteiger partial charge in [-0.15, -0.1) is 0 Å². The van der Waals surface area contributed by atoms with Crippen molar-refractivity contribution in [2.24, 2.45) is 0 Å². The Morgan fingerprint density at radius 3 is 2.39 bits per heavy atom. The number of nitrogens with one attached hydrogen (secondary N) is 1. The van der Waals surface area contributed by atoms with Crippen LogP contribution in [0.5, 0.6) is 5.75 Å². The average Bonchev–Trinajstić information content (AvgIpc) is 3.16. The lowest BCUT2D eigenvalue weighted by Gasteiger charge is -2.31. The maximum Gasteiger partial charge on any atom is 0.343 e. The van der Waals surface area contributed by atoms with Crippen LogP contribution in [-0.4, -0.2) is 45.8 Å². The second-order valence-corrected chi connectivity index (χ2v) is 7.78. The molecule has 0 saturated carbocycles. The summed E-state index contributed by atoms with van der Waals surface area (Å²) >= 11 is 0. The van der Waals surface area contributed by atoms with Gasteiger partial charge in [-0.2, -0.15) is 5.10 Å². The molecule has 3 aromatic rings. The maximum atomic E-state index is 13.1. The Morgan fingerprint density at radius 2 is 1.74 bits per heavy atom. The first-order valence-electron chi connectivity index (χ1n) is 10.3. The quantitative estimate of drug-likeness (QED) is 0.660. The molecule has 0 aliphatic carbocycles. The molecular weight excluding hydrogens is 399 g/mol. The maximum absolute atomic E-state index is 13.1. The molecule has 0 radical (unpaired) electrons. The Morgan fingerprint density at radius 1 is 1.10 bits per heavy atom. The number of hydrogen-bond donors (Lipinski definition) is 1. The van der Waals surface area contributed by atoms with Crippen LogP contribution in [0.2, 0.25) is 0 Å². The van der Waals surface area contributed by atoms with E-state index >= 15 is 0 Å². The summed E-state index contributed by atoms with van der Waals surface area (Å²) in [5.41, 5.74) is 1.55. The standard InChI is InChI=1S/C23H25FN4O3/c1-31-20-8-4-17(5-9-20)15-28-22(25-26-23(28)30)18-10-12-27(13-11-18)21(29)14-16-2-6-19(24)7-3-16/h2-9,18H,10-15H2,1H3,(H,26,30). The number of halogens is 1. The van der Waals surface area contributed by atoms with E-state index in [2.05, 4.69) is 10.2 Å². The first-order valence-corrected chi connectivity index (χ1v) is 10.3. The van der Waals surface area contributed by atoms with Crippen LogP contribution in [0.4, 0.5) is 4.39 Å². The highest BCUT2D eigenvalue weighted by Gasteiger charge is 2.27. The fraction of sp³-hybridized carbons (Fsp3) is 0.348. The van der Waals surface area contributed by atoms with Crippen LogP contribution in [0.3, 0.4) is 0 Å². The number of carbonyl (C=O) groups excluding carboxylic acids is 1. The summed E-state index contributed by atoms with van der Waals surface area (Å²) in [7, 11) is 1.62. The number of benzene rings is 2. The van der Waals surface area contributed by atoms with Gasteiger partial charge in [0.05, 0.1) is 20.1 Å². The summed E-state index contributed by atoms with van der Waals surface area (Å²) in [6.07, 6.45) is 1.74. The van der Waals surface area contributed by atoms with E-state index in [1.165, 1.54) is 12.1 Å². The van der Waals surface area contributed by atoms with Gasteiger partial charge >= 0.3 is 5.69 Å². The van der Waals surface area contributed by atoms with E-state index in [0.29, 0.717) is 19.6 Å². The molecule has 7 nitrogen and oxygen atoms in total. The van der Waals surface area contributed by atoms with Gasteiger partial charge in [0, 0.05) is 19.0 Å². The van der Waals surface area contributed by atoms with Gasteiger partial charge in [0.1, 0.15) is 17.4 Å². The fourth-order valence-electron chi connectivity index (χ4n) is 3.98. The number of hydrogen-bond acceptors (Lipinski definition) is 4. The van der Waals surface area contributed by atoms with E-state index in [0.717, 1.165) is 35.5 Å². The molecule has 1 amide bonds. The first kappa shape index (κ1) is 20.8. The summed E-state index contributed by atoms with van der Waals surface area (Å²) in [5.74, 6) is 1.32. The van der Waals surface area contributed by atoms with Gasteiger partial charge in [-0.1, -0.05) is 24.3 Å². The number of H-pyrrole nitrogens is 1. The second-order valence-electron chi connectivity index (χ2n) is 7.78. The van der Waals surface area contributed by atoms with Crippen LogP contribution in [0.1, 0.15) is 35.7 Å². The summed E-state index contributed by atoms with van der Waals surface area (Å²) in [5, 5.41) is 6.85. The minimum atomic E-state index is -0.309. The molecule has 2 aromatic carbocycles. The molecule has 31 heavy (non-hydrogen) atoms. The third-order valence-corrected chi connectivity index (χ3v) is 5.77. The minimum absolute atomic E-state index is 0.0303. The van der Waals surface area contributed by atoms with E-state index in [4.69, 9.17) is 4.74 Å². The van der Waals surface area contributed by atoms with Gasteiger partial charge < -0.3 is 9.64 Å². The van der Waals surface area contributed by atoms with Crippen molar-refractivity contribution in [3.05, 3.63) is 81.8 Å². The highest BCUT2D eigenvalue weighted by Crippen LogP contribution is 2.27. The van der Waals surface area contributed by atoms with Crippen LogP contribution >= 0.6 is 0 Å². The van der Waals surface area contributed by atoms with Crippen LogP contribution in [0.15, 0.2) is 53.3 Å². The normalized spacial score (nSPS) is 14.6. The molecule has 0 unspecified atom stereocenters. The predicted octanol–water partition coefficient (Wildman–Crippen LogP) is 2.72. The van der Waals surface area contributed by atoms with Crippen molar-refractivity contribution in [2.75, 3.05) is 20.2 Å². The average molecular weight is 424 g/mol. The molecule has 8 heteroatoms. The van der Waals surface area contributed by atoms with Crippen LogP contribution in [0, 0.1) is 5.82 Å². The molecule has 2 heterocycles. The highest BCUT2D eigenvalue weighted by atomic mass is 19.1. The minimum Gasteiger partial charge on any atom is -0.497 e. The molecular formula is C23H25FN4O3. The lowest BCUT2D eigenvalue weighted by molar-refractivity contribution is -0.131. The Kier molecular flexibility index (Phi) is 6.16. The molecule has 1 N–H and O–H groups in total. The van der Waals surface area contributed by atoms with Gasteiger partial charge in [0.15, 0.2) is 0 Å². The zero-order valence-electron chi connectivity index (χ0n) is 17.4. The third-order valence-electron chi connectivity index (χ3n) is 5.77. The van der Waals surface area contributed by atoms with Crippen LogP contribution < -0.4 is 10.4 Å². The molecule has 0 bridgehead atoms. The molecule has 1 aliphatic heterocycles. The highest BCUT2D eigenvalue weighted by molar-refractivity contribution is 5.78. The summed E-state index contributed by atoms with van der Waals surface area (Å²) in [6.45, 7) is 1.64. The Hall–Kier alpha value is -3.42. The van der Waals surface area contributed by atoms with Crippen molar-refractivity contribution < 1.29 is 13.9 Å². The number of carbonyl (C=O) groups is 1. The topological polar surface area (TPSA) is 80.2 Å². The number of aromatic nitrogens is 3. The number of amides is 1. The number of rotatable bonds is 6. The lowest BCUT2D eigenvalue weighted by atomic mass is 9.95. The molecule has 1 aliphatic rings. The second kappa shape index (κ2) is 9.16. The third kappa shape index (κ3) is 4.84. The Balaban J connectivity index is 1.39. The Bertz CT molecular complexity index is 1080. The number of likely N-dealkylation sites (tertiary alicyclic amines) is 1. The molecule has 1 fully saturated rings. The SMILES string of the molecule is COc1ccc(Cn2c(C3CCN(C(=O)Cc4ccc(F)cc4)CC3)n[nH]c2=O)cc1. The smallest absolute Gasteiger partial charge is 0.343 e. The fourth-order valence-corrected chi connectivity index (χ4v) is 3.98. The summed E-state index contributed by atoms with van der Waals surface area (Å²) in [4.78, 5) is 26.8. The van der Waals surface area contributed by atoms with Crippen LogP contribution in [0.25, 0.3) is 0 Å². The van der Waals surface area contributed by atoms with Gasteiger partial charge in [0.25, 0.3) is 0 Å². The lowest BCUT2D eigenvalue weighted by Crippen LogP contribution is -2.39. The first-order chi connectivity index (χ1) is 15.0. The molecule has 0 atom stereocenters. The van der Waals surface area contributed by atoms with Gasteiger partial charge in [0.2, 0.25) is 5.91 Å². The van der Waals surface area contributed by atoms with E-state index in [9.17, 15) is 14.0 Å². The predicted molar refractivity (Wildman–Crippen MR) is 114 cm³/mol. The van der Waals surface area contributed by atoms with Gasteiger partial charge in [-0.05, 0) is 48.2 Å². The largest absolute Gasteiger partial charge is 0.497 e. The van der Waals surface area contributed by atoms with Crippen molar-refractivity contribution in [3.8, 4) is 5.75 Å². The van der Waals surface area contributed by atoms with Crippen molar-refractivity contribution >= 4 is 5.91 Å². The van der Waals surface area contributed by atoms with Crippen molar-refractivity contribution in [3.63, 3.8) is 0 Å². The van der Waals surface area contributed by atoms with E-state index in [-0.39, 0.29) is 29.8 Å². The molecule has 1 saturated heterocycles. The summed E-state index contributed by atoms with van der Waals surface area (Å²) < 4.78 is 19.9. The van der Waals surface area contributed by atoms with Crippen molar-refractivity contribution in [1.82, 2.24) is 19.7 Å². The Labute approximate surface area is 179 Å². The van der Waals surface area contributed by atoms with Crippen molar-refractivity contribution in [2.45, 2.75) is 31.7 Å². The molecule has 4 rings (SSSR count). The van der Waals surface area contributed by atoms with Gasteiger partial charge in [-0.25, -0.2) is 14.3 Å². The summed E-state index contributed by atoms with van der Waals surface area (Å²) in [6, 6.07) is 13.6. The van der Waals surface area contributed by atoms with E-state index < -0.39 is 0 Å².